The predicted octanol–water partition coefficient (Wildman–Crippen LogP) is 4.01. The molecule has 0 aromatic rings. The zero-order valence-corrected chi connectivity index (χ0v) is 24.5. The van der Waals surface area contributed by atoms with Crippen molar-refractivity contribution in [2.24, 2.45) is 45.3 Å². The van der Waals surface area contributed by atoms with Gasteiger partial charge in [-0.15, -0.1) is 0 Å². The van der Waals surface area contributed by atoms with E-state index in [0.717, 1.165) is 0 Å². The first-order valence-corrected chi connectivity index (χ1v) is 14.4. The van der Waals surface area contributed by atoms with E-state index < -0.39 is 51.9 Å². The van der Waals surface area contributed by atoms with Gasteiger partial charge in [0.1, 0.15) is 5.78 Å². The summed E-state index contributed by atoms with van der Waals surface area (Å²) in [4.78, 5) is 38.8. The number of hydrogen-bond acceptors (Lipinski definition) is 7. The molecule has 0 bridgehead atoms. The second-order valence-electron chi connectivity index (χ2n) is 14.3. The first-order valence-electron chi connectivity index (χ1n) is 14.4. The second kappa shape index (κ2) is 9.52. The standard InChI is InChI=1S/C31H48O7/c1-16(11-18(32)12-17(2)27(37)38-8)19-13-24(36)31(7)26-20(33)14-22-28(3,4)23(35)9-10-29(22,5)25(26)21(34)15-30(19,31)6/h16-17,19-20,22-24,33,35-36H,9-15H2,1-8H3/t16-,17?,19-,20+,22+,23+,24+,29+,30-,31+/m1/s1. The maximum Gasteiger partial charge on any atom is 0.308 e. The molecule has 0 spiro atoms. The molecule has 3 N–H and O–H groups in total. The summed E-state index contributed by atoms with van der Waals surface area (Å²) >= 11 is 0. The average molecular weight is 533 g/mol. The number of ketones is 2. The monoisotopic (exact) mass is 532 g/mol. The molecular formula is C31H48O7. The number of hydrogen-bond donors (Lipinski definition) is 3. The number of methoxy groups -OCH3 is 1. The lowest BCUT2D eigenvalue weighted by Crippen LogP contribution is -2.61. The van der Waals surface area contributed by atoms with Gasteiger partial charge in [-0.2, -0.15) is 0 Å². The lowest BCUT2D eigenvalue weighted by atomic mass is 9.42. The Hall–Kier alpha value is -1.57. The van der Waals surface area contributed by atoms with E-state index in [2.05, 4.69) is 13.8 Å². The summed E-state index contributed by atoms with van der Waals surface area (Å²) in [6, 6.07) is 0. The van der Waals surface area contributed by atoms with Crippen LogP contribution in [0.1, 0.15) is 93.4 Å². The van der Waals surface area contributed by atoms with Crippen LogP contribution in [0, 0.1) is 45.3 Å². The lowest BCUT2D eigenvalue weighted by molar-refractivity contribution is -0.146. The van der Waals surface area contributed by atoms with E-state index in [0.29, 0.717) is 36.8 Å². The average Bonchev–Trinajstić information content (AvgIpc) is 3.03. The van der Waals surface area contributed by atoms with E-state index in [1.165, 1.54) is 7.11 Å². The fourth-order valence-electron chi connectivity index (χ4n) is 9.59. The van der Waals surface area contributed by atoms with Crippen LogP contribution in [0.3, 0.4) is 0 Å². The number of ether oxygens (including phenoxy) is 1. The van der Waals surface area contributed by atoms with Gasteiger partial charge >= 0.3 is 5.97 Å². The van der Waals surface area contributed by atoms with Crippen LogP contribution in [-0.4, -0.2) is 58.3 Å². The molecule has 0 aliphatic heterocycles. The van der Waals surface area contributed by atoms with Crippen LogP contribution in [-0.2, 0) is 19.1 Å². The Balaban J connectivity index is 1.71. The van der Waals surface area contributed by atoms with E-state index in [1.807, 2.05) is 27.7 Å². The molecule has 214 valence electrons. The Kier molecular flexibility index (Phi) is 7.37. The number of rotatable bonds is 6. The molecule has 7 heteroatoms. The number of carbonyl (C=O) groups excluding carboxylic acids is 3. The van der Waals surface area contributed by atoms with Crippen LogP contribution >= 0.6 is 0 Å². The first kappa shape index (κ1) is 29.4. The van der Waals surface area contributed by atoms with Gasteiger partial charge in [-0.25, -0.2) is 0 Å². The quantitative estimate of drug-likeness (QED) is 0.442. The third-order valence-corrected chi connectivity index (χ3v) is 12.0. The Labute approximate surface area is 227 Å². The molecular weight excluding hydrogens is 484 g/mol. The van der Waals surface area contributed by atoms with Crippen LogP contribution in [0.5, 0.6) is 0 Å². The van der Waals surface area contributed by atoms with Crippen molar-refractivity contribution in [2.45, 2.75) is 112 Å². The highest BCUT2D eigenvalue weighted by Crippen LogP contribution is 2.71. The van der Waals surface area contributed by atoms with Crippen molar-refractivity contribution in [3.8, 4) is 0 Å². The van der Waals surface area contributed by atoms with Crippen LogP contribution < -0.4 is 0 Å². The van der Waals surface area contributed by atoms with Gasteiger partial charge in [-0.05, 0) is 65.3 Å². The number of esters is 1. The van der Waals surface area contributed by atoms with Crippen molar-refractivity contribution in [3.63, 3.8) is 0 Å². The van der Waals surface area contributed by atoms with Gasteiger partial charge in [0.15, 0.2) is 5.78 Å². The topological polar surface area (TPSA) is 121 Å². The highest BCUT2D eigenvalue weighted by atomic mass is 16.5. The minimum Gasteiger partial charge on any atom is -0.469 e. The molecule has 7 nitrogen and oxygen atoms in total. The summed E-state index contributed by atoms with van der Waals surface area (Å²) in [6.07, 6.45) is 0.706. The molecule has 1 unspecified atom stereocenters. The highest BCUT2D eigenvalue weighted by Gasteiger charge is 2.70. The third-order valence-electron chi connectivity index (χ3n) is 12.0. The van der Waals surface area contributed by atoms with Gasteiger partial charge in [0.05, 0.1) is 31.3 Å². The number of carbonyl (C=O) groups is 3. The van der Waals surface area contributed by atoms with Crippen molar-refractivity contribution in [1.29, 1.82) is 0 Å². The summed E-state index contributed by atoms with van der Waals surface area (Å²) in [5, 5.41) is 34.2. The maximum absolute atomic E-state index is 14.1. The molecule has 10 atom stereocenters. The minimum absolute atomic E-state index is 0.0276. The van der Waals surface area contributed by atoms with Crippen molar-refractivity contribution in [2.75, 3.05) is 7.11 Å². The van der Waals surface area contributed by atoms with Crippen molar-refractivity contribution < 1.29 is 34.4 Å². The summed E-state index contributed by atoms with van der Waals surface area (Å²) in [6.45, 7) is 14.0. The summed E-state index contributed by atoms with van der Waals surface area (Å²) in [5.74, 6) is -1.15. The third kappa shape index (κ3) is 3.97. The van der Waals surface area contributed by atoms with Crippen molar-refractivity contribution in [1.82, 2.24) is 0 Å². The molecule has 4 aliphatic rings. The molecule has 0 aromatic heterocycles. The van der Waals surface area contributed by atoms with Gasteiger partial charge < -0.3 is 20.1 Å². The molecule has 0 saturated heterocycles. The zero-order chi connectivity index (χ0) is 28.6. The molecule has 38 heavy (non-hydrogen) atoms. The number of fused-ring (bicyclic) bond motifs is 4. The van der Waals surface area contributed by atoms with Crippen LogP contribution in [0.15, 0.2) is 11.1 Å². The smallest absolute Gasteiger partial charge is 0.308 e. The largest absolute Gasteiger partial charge is 0.469 e. The Bertz CT molecular complexity index is 1040. The lowest BCUT2D eigenvalue weighted by Gasteiger charge is -2.62. The minimum atomic E-state index is -0.868. The van der Waals surface area contributed by atoms with E-state index in [4.69, 9.17) is 4.74 Å². The molecule has 0 aromatic carbocycles. The van der Waals surface area contributed by atoms with Crippen LogP contribution in [0.25, 0.3) is 0 Å². The fourth-order valence-corrected chi connectivity index (χ4v) is 9.59. The molecule has 2 saturated carbocycles. The Morgan fingerprint density at radius 2 is 1.63 bits per heavy atom. The normalized spacial score (nSPS) is 43.6. The number of aliphatic hydroxyl groups is 3. The van der Waals surface area contributed by atoms with Gasteiger partial charge in [0.25, 0.3) is 0 Å². The number of allylic oxidation sites excluding steroid dienone is 1. The zero-order valence-electron chi connectivity index (χ0n) is 24.5. The second-order valence-corrected chi connectivity index (χ2v) is 14.3. The fraction of sp³-hybridized carbons (Fsp3) is 0.839. The summed E-state index contributed by atoms with van der Waals surface area (Å²) < 4.78 is 4.76. The van der Waals surface area contributed by atoms with Gasteiger partial charge in [-0.1, -0.05) is 48.5 Å². The molecule has 0 radical (unpaired) electrons. The van der Waals surface area contributed by atoms with Gasteiger partial charge in [-0.3, -0.25) is 14.4 Å². The molecule has 0 amide bonds. The van der Waals surface area contributed by atoms with E-state index in [1.54, 1.807) is 6.92 Å². The van der Waals surface area contributed by atoms with E-state index in [-0.39, 0.29) is 48.6 Å². The number of Topliss-reactive ketones (excluding diaryl/α,β-unsaturated/α-hetero) is 2. The van der Waals surface area contributed by atoms with Crippen molar-refractivity contribution >= 4 is 17.5 Å². The molecule has 4 rings (SSSR count). The SMILES string of the molecule is COC(=O)C(C)CC(=O)C[C@@H](C)[C@H]1C[C@H](O)[C@@]2(C)C3=C(C(=O)C[C@]12C)[C@@]1(C)CC[C@H](O)C(C)(C)[C@@H]1C[C@@H]3O. The number of aliphatic hydroxyl groups excluding tert-OH is 3. The van der Waals surface area contributed by atoms with Crippen LogP contribution in [0.4, 0.5) is 0 Å². The van der Waals surface area contributed by atoms with Crippen molar-refractivity contribution in [3.05, 3.63) is 11.1 Å². The Morgan fingerprint density at radius 1 is 1.00 bits per heavy atom. The molecule has 2 fully saturated rings. The predicted molar refractivity (Wildman–Crippen MR) is 143 cm³/mol. The summed E-state index contributed by atoms with van der Waals surface area (Å²) in [5.41, 5.74) is -0.940. The van der Waals surface area contributed by atoms with E-state index in [9.17, 15) is 29.7 Å². The first-order chi connectivity index (χ1) is 17.5. The molecule has 0 heterocycles. The Morgan fingerprint density at radius 3 is 2.24 bits per heavy atom. The maximum atomic E-state index is 14.1. The van der Waals surface area contributed by atoms with Gasteiger partial charge in [0, 0.05) is 30.3 Å². The highest BCUT2D eigenvalue weighted by molar-refractivity contribution is 6.00. The van der Waals surface area contributed by atoms with Gasteiger partial charge in [0.2, 0.25) is 0 Å². The molecule has 4 aliphatic carbocycles. The summed E-state index contributed by atoms with van der Waals surface area (Å²) in [7, 11) is 1.31. The van der Waals surface area contributed by atoms with Crippen LogP contribution in [0.2, 0.25) is 0 Å². The van der Waals surface area contributed by atoms with E-state index >= 15 is 0 Å².